The lowest BCUT2D eigenvalue weighted by Crippen LogP contribution is -2.65. The molecule has 0 radical (unpaired) electrons. The Kier molecular flexibility index (Phi) is 6.43. The van der Waals surface area contributed by atoms with Crippen LogP contribution in [0.2, 0.25) is 0 Å². The molecule has 0 saturated carbocycles. The van der Waals surface area contributed by atoms with Crippen molar-refractivity contribution in [3.8, 4) is 16.9 Å². The maximum absolute atomic E-state index is 6.78. The van der Waals surface area contributed by atoms with Crippen molar-refractivity contribution in [1.82, 2.24) is 0 Å². The second-order valence-electron chi connectivity index (χ2n) is 7.19. The highest BCUT2D eigenvalue weighted by molar-refractivity contribution is 6.93. The Labute approximate surface area is 180 Å². The molecule has 0 aliphatic heterocycles. The van der Waals surface area contributed by atoms with Crippen molar-refractivity contribution >= 4 is 18.9 Å². The van der Waals surface area contributed by atoms with Gasteiger partial charge in [-0.2, -0.15) is 0 Å². The standard InChI is InChI=1S/C27H26O2Si/c1-2-22-28-30(26-14-8-4-9-15-26,27-16-10-5-11-17-27)29-25-20-18-24(19-21-25)23-12-6-3-7-13-23/h3-21H,2,22H2,1H3. The van der Waals surface area contributed by atoms with Gasteiger partial charge in [0.1, 0.15) is 5.75 Å². The van der Waals surface area contributed by atoms with E-state index in [9.17, 15) is 0 Å². The molecule has 4 aromatic rings. The van der Waals surface area contributed by atoms with Gasteiger partial charge in [0.25, 0.3) is 0 Å². The molecule has 0 unspecified atom stereocenters. The summed E-state index contributed by atoms with van der Waals surface area (Å²) in [6.07, 6.45) is 0.935. The topological polar surface area (TPSA) is 18.5 Å². The predicted molar refractivity (Wildman–Crippen MR) is 127 cm³/mol. The van der Waals surface area contributed by atoms with Crippen LogP contribution in [0.4, 0.5) is 0 Å². The van der Waals surface area contributed by atoms with E-state index in [0.29, 0.717) is 6.61 Å². The molecule has 150 valence electrons. The summed E-state index contributed by atoms with van der Waals surface area (Å²) in [6.45, 7) is 2.78. The van der Waals surface area contributed by atoms with Gasteiger partial charge in [-0.25, -0.2) is 0 Å². The van der Waals surface area contributed by atoms with Gasteiger partial charge < -0.3 is 8.85 Å². The smallest absolute Gasteiger partial charge is 0.468 e. The Morgan fingerprint density at radius 1 is 0.567 bits per heavy atom. The van der Waals surface area contributed by atoms with E-state index in [4.69, 9.17) is 8.85 Å². The van der Waals surface area contributed by atoms with Crippen LogP contribution >= 0.6 is 0 Å². The Morgan fingerprint density at radius 3 is 1.53 bits per heavy atom. The van der Waals surface area contributed by atoms with Crippen LogP contribution in [0.25, 0.3) is 11.1 Å². The minimum absolute atomic E-state index is 0.651. The largest absolute Gasteiger partial charge is 0.514 e. The highest BCUT2D eigenvalue weighted by Crippen LogP contribution is 2.24. The molecule has 0 aromatic heterocycles. The molecule has 4 rings (SSSR count). The SMILES string of the molecule is CCCO[Si](Oc1ccc(-c2ccccc2)cc1)(c1ccccc1)c1ccccc1. The zero-order valence-electron chi connectivity index (χ0n) is 17.2. The van der Waals surface area contributed by atoms with E-state index in [1.807, 2.05) is 30.3 Å². The molecular weight excluding hydrogens is 384 g/mol. The summed E-state index contributed by atoms with van der Waals surface area (Å²) in [5.41, 5.74) is 2.37. The highest BCUT2D eigenvalue weighted by atomic mass is 28.4. The lowest BCUT2D eigenvalue weighted by Gasteiger charge is -2.32. The molecule has 0 bridgehead atoms. The number of hydrogen-bond acceptors (Lipinski definition) is 2. The van der Waals surface area contributed by atoms with E-state index in [-0.39, 0.29) is 0 Å². The summed E-state index contributed by atoms with van der Waals surface area (Å²) in [5, 5.41) is 2.22. The maximum atomic E-state index is 6.78. The molecule has 0 fully saturated rings. The molecular formula is C27H26O2Si. The van der Waals surface area contributed by atoms with Crippen molar-refractivity contribution in [2.24, 2.45) is 0 Å². The van der Waals surface area contributed by atoms with Crippen molar-refractivity contribution in [2.75, 3.05) is 6.61 Å². The monoisotopic (exact) mass is 410 g/mol. The lowest BCUT2D eigenvalue weighted by atomic mass is 10.1. The fraction of sp³-hybridized carbons (Fsp3) is 0.111. The predicted octanol–water partition coefficient (Wildman–Crippen LogP) is 5.42. The minimum Gasteiger partial charge on any atom is -0.514 e. The van der Waals surface area contributed by atoms with Crippen LogP contribution in [0.15, 0.2) is 115 Å². The van der Waals surface area contributed by atoms with Gasteiger partial charge in [0, 0.05) is 17.0 Å². The molecule has 30 heavy (non-hydrogen) atoms. The average molecular weight is 411 g/mol. The third kappa shape index (κ3) is 4.38. The van der Waals surface area contributed by atoms with Crippen molar-refractivity contribution in [3.63, 3.8) is 0 Å². The first kappa shape index (κ1) is 20.1. The van der Waals surface area contributed by atoms with Crippen molar-refractivity contribution in [3.05, 3.63) is 115 Å². The fourth-order valence-corrected chi connectivity index (χ4v) is 6.74. The molecule has 0 saturated heterocycles. The van der Waals surface area contributed by atoms with E-state index in [1.54, 1.807) is 0 Å². The number of rotatable bonds is 8. The minimum atomic E-state index is -2.91. The van der Waals surface area contributed by atoms with Crippen molar-refractivity contribution in [2.45, 2.75) is 13.3 Å². The second-order valence-corrected chi connectivity index (χ2v) is 10.1. The Hall–Kier alpha value is -3.14. The molecule has 0 spiro atoms. The van der Waals surface area contributed by atoms with Gasteiger partial charge in [-0.1, -0.05) is 110 Å². The van der Waals surface area contributed by atoms with E-state index in [1.165, 1.54) is 11.1 Å². The normalized spacial score (nSPS) is 11.2. The summed E-state index contributed by atoms with van der Waals surface area (Å²) in [4.78, 5) is 0. The highest BCUT2D eigenvalue weighted by Gasteiger charge is 2.44. The van der Waals surface area contributed by atoms with Gasteiger partial charge in [0.15, 0.2) is 0 Å². The first-order valence-corrected chi connectivity index (χ1v) is 12.2. The number of hydrogen-bond donors (Lipinski definition) is 0. The fourth-order valence-electron chi connectivity index (χ4n) is 3.55. The van der Waals surface area contributed by atoms with Crippen LogP contribution in [0.3, 0.4) is 0 Å². The van der Waals surface area contributed by atoms with Crippen LogP contribution < -0.4 is 14.8 Å². The van der Waals surface area contributed by atoms with Crippen LogP contribution in [0.1, 0.15) is 13.3 Å². The Morgan fingerprint density at radius 2 is 1.03 bits per heavy atom. The summed E-state index contributed by atoms with van der Waals surface area (Å²) in [6, 6.07) is 39.4. The van der Waals surface area contributed by atoms with Crippen LogP contribution in [-0.4, -0.2) is 15.2 Å². The molecule has 3 heteroatoms. The molecule has 0 amide bonds. The molecule has 4 aromatic carbocycles. The van der Waals surface area contributed by atoms with Crippen molar-refractivity contribution < 1.29 is 8.85 Å². The molecule has 0 aliphatic rings. The van der Waals surface area contributed by atoms with Crippen LogP contribution in [-0.2, 0) is 4.43 Å². The molecule has 0 N–H and O–H groups in total. The second kappa shape index (κ2) is 9.57. The van der Waals surface area contributed by atoms with Gasteiger partial charge in [0.05, 0.1) is 0 Å². The summed E-state index contributed by atoms with van der Waals surface area (Å²) in [7, 11) is -2.91. The average Bonchev–Trinajstić information content (AvgIpc) is 2.84. The van der Waals surface area contributed by atoms with Gasteiger partial charge in [-0.05, 0) is 29.7 Å². The molecule has 2 nitrogen and oxygen atoms in total. The maximum Gasteiger partial charge on any atom is 0.468 e. The Bertz CT molecular complexity index is 993. The van der Waals surface area contributed by atoms with E-state index >= 15 is 0 Å². The summed E-state index contributed by atoms with van der Waals surface area (Å²) < 4.78 is 13.4. The Balaban J connectivity index is 1.74. The zero-order chi connectivity index (χ0) is 20.7. The third-order valence-corrected chi connectivity index (χ3v) is 8.36. The van der Waals surface area contributed by atoms with Crippen molar-refractivity contribution in [1.29, 1.82) is 0 Å². The number of benzene rings is 4. The van der Waals surface area contributed by atoms with Gasteiger partial charge in [-0.15, -0.1) is 0 Å². The molecule has 0 atom stereocenters. The van der Waals surface area contributed by atoms with E-state index in [2.05, 4.69) is 91.9 Å². The van der Waals surface area contributed by atoms with Gasteiger partial charge in [0.2, 0.25) is 0 Å². The first-order valence-electron chi connectivity index (χ1n) is 10.4. The zero-order valence-corrected chi connectivity index (χ0v) is 18.2. The van der Waals surface area contributed by atoms with Crippen LogP contribution in [0, 0.1) is 0 Å². The van der Waals surface area contributed by atoms with Gasteiger partial charge in [-0.3, -0.25) is 0 Å². The molecule has 0 aliphatic carbocycles. The van der Waals surface area contributed by atoms with E-state index in [0.717, 1.165) is 22.5 Å². The summed E-state index contributed by atoms with van der Waals surface area (Å²) >= 11 is 0. The van der Waals surface area contributed by atoms with Gasteiger partial charge >= 0.3 is 8.56 Å². The lowest BCUT2D eigenvalue weighted by molar-refractivity contribution is 0.260. The molecule has 0 heterocycles. The van der Waals surface area contributed by atoms with E-state index < -0.39 is 8.56 Å². The third-order valence-electron chi connectivity index (χ3n) is 5.04. The summed E-state index contributed by atoms with van der Waals surface area (Å²) in [5.74, 6) is 0.824. The van der Waals surface area contributed by atoms with Crippen LogP contribution in [0.5, 0.6) is 5.75 Å². The first-order chi connectivity index (χ1) is 14.8. The quantitative estimate of drug-likeness (QED) is 0.361.